The van der Waals surface area contributed by atoms with Crippen molar-refractivity contribution in [2.24, 2.45) is 0 Å². The Morgan fingerprint density at radius 3 is 2.80 bits per heavy atom. The number of carboxylic acid groups (broad SMARTS) is 1. The molecule has 0 aliphatic carbocycles. The molecule has 1 amide bonds. The van der Waals surface area contributed by atoms with E-state index in [9.17, 15) is 9.59 Å². The van der Waals surface area contributed by atoms with E-state index in [1.165, 1.54) is 6.07 Å². The minimum absolute atomic E-state index is 0.205. The molecule has 1 aromatic rings. The molecule has 0 fully saturated rings. The first-order chi connectivity index (χ1) is 9.63. The van der Waals surface area contributed by atoms with Gasteiger partial charge < -0.3 is 19.9 Å². The molecule has 0 heterocycles. The average molecular weight is 281 g/mol. The summed E-state index contributed by atoms with van der Waals surface area (Å²) in [6.07, 6.45) is 1.73. The van der Waals surface area contributed by atoms with E-state index >= 15 is 0 Å². The Hall–Kier alpha value is -2.08. The van der Waals surface area contributed by atoms with Crippen LogP contribution in [-0.4, -0.2) is 43.9 Å². The molecular formula is C14H19NO5. The van der Waals surface area contributed by atoms with Crippen LogP contribution in [0.2, 0.25) is 0 Å². The molecule has 0 radical (unpaired) electrons. The van der Waals surface area contributed by atoms with Gasteiger partial charge in [-0.2, -0.15) is 0 Å². The maximum Gasteiger partial charge on any atom is 0.341 e. The molecule has 0 saturated carbocycles. The number of carbonyl (C=O) groups excluding carboxylic acids is 1. The highest BCUT2D eigenvalue weighted by Crippen LogP contribution is 2.13. The van der Waals surface area contributed by atoms with Crippen molar-refractivity contribution in [2.75, 3.05) is 26.9 Å². The third kappa shape index (κ3) is 6.19. The number of aliphatic carboxylic acids is 1. The summed E-state index contributed by atoms with van der Waals surface area (Å²) in [4.78, 5) is 22.3. The molecule has 2 N–H and O–H groups in total. The van der Waals surface area contributed by atoms with E-state index in [-0.39, 0.29) is 5.91 Å². The van der Waals surface area contributed by atoms with Crippen LogP contribution in [0.25, 0.3) is 0 Å². The van der Waals surface area contributed by atoms with Gasteiger partial charge in [0.1, 0.15) is 5.75 Å². The van der Waals surface area contributed by atoms with Crippen molar-refractivity contribution in [3.8, 4) is 5.75 Å². The van der Waals surface area contributed by atoms with Crippen LogP contribution in [0, 0.1) is 0 Å². The molecule has 0 bridgehead atoms. The van der Waals surface area contributed by atoms with Crippen molar-refractivity contribution in [3.63, 3.8) is 0 Å². The zero-order valence-corrected chi connectivity index (χ0v) is 11.4. The van der Waals surface area contributed by atoms with Gasteiger partial charge in [-0.05, 0) is 31.0 Å². The fourth-order valence-corrected chi connectivity index (χ4v) is 1.55. The molecule has 6 heteroatoms. The summed E-state index contributed by atoms with van der Waals surface area (Å²) >= 11 is 0. The van der Waals surface area contributed by atoms with Gasteiger partial charge in [-0.25, -0.2) is 4.79 Å². The minimum atomic E-state index is -1.06. The third-order valence-electron chi connectivity index (χ3n) is 2.52. The van der Waals surface area contributed by atoms with Crippen LogP contribution >= 0.6 is 0 Å². The molecule has 1 aromatic carbocycles. The average Bonchev–Trinajstić information content (AvgIpc) is 2.45. The first-order valence-electron chi connectivity index (χ1n) is 6.35. The van der Waals surface area contributed by atoms with Gasteiger partial charge in [0.05, 0.1) is 0 Å². The lowest BCUT2D eigenvalue weighted by atomic mass is 10.2. The Balaban J connectivity index is 2.43. The number of hydrogen-bond acceptors (Lipinski definition) is 4. The van der Waals surface area contributed by atoms with Crippen LogP contribution in [0.3, 0.4) is 0 Å². The summed E-state index contributed by atoms with van der Waals surface area (Å²) in [6.45, 7) is 0.818. The van der Waals surface area contributed by atoms with Gasteiger partial charge in [-0.1, -0.05) is 6.07 Å². The second-order valence-electron chi connectivity index (χ2n) is 4.17. The van der Waals surface area contributed by atoms with Crippen molar-refractivity contribution in [2.45, 2.75) is 12.8 Å². The molecule has 0 aliphatic rings. The Morgan fingerprint density at radius 1 is 1.30 bits per heavy atom. The number of nitrogens with one attached hydrogen (secondary N) is 1. The second-order valence-corrected chi connectivity index (χ2v) is 4.17. The van der Waals surface area contributed by atoms with Crippen LogP contribution in [-0.2, 0) is 9.53 Å². The maximum absolute atomic E-state index is 11.9. The number of rotatable bonds is 9. The van der Waals surface area contributed by atoms with Crippen molar-refractivity contribution in [3.05, 3.63) is 29.8 Å². The van der Waals surface area contributed by atoms with Crippen LogP contribution in [0.5, 0.6) is 5.75 Å². The number of ether oxygens (including phenoxy) is 2. The van der Waals surface area contributed by atoms with E-state index in [0.717, 1.165) is 12.8 Å². The smallest absolute Gasteiger partial charge is 0.341 e. The monoisotopic (exact) mass is 281 g/mol. The summed E-state index contributed by atoms with van der Waals surface area (Å²) in [5.41, 5.74) is 0.444. The molecular weight excluding hydrogens is 262 g/mol. The van der Waals surface area contributed by atoms with Crippen LogP contribution < -0.4 is 10.1 Å². The largest absolute Gasteiger partial charge is 0.482 e. The highest BCUT2D eigenvalue weighted by molar-refractivity contribution is 5.94. The van der Waals surface area contributed by atoms with Gasteiger partial charge in [0.25, 0.3) is 5.91 Å². The normalized spacial score (nSPS) is 10.1. The van der Waals surface area contributed by atoms with Crippen molar-refractivity contribution < 1.29 is 24.2 Å². The summed E-state index contributed by atoms with van der Waals surface area (Å²) in [7, 11) is 1.64. The third-order valence-corrected chi connectivity index (χ3v) is 2.52. The van der Waals surface area contributed by atoms with E-state index in [4.69, 9.17) is 14.6 Å². The van der Waals surface area contributed by atoms with Crippen LogP contribution in [0.15, 0.2) is 24.3 Å². The summed E-state index contributed by atoms with van der Waals surface area (Å²) in [5, 5.41) is 11.3. The molecule has 0 spiro atoms. The van der Waals surface area contributed by atoms with Crippen LogP contribution in [0.4, 0.5) is 0 Å². The Morgan fingerprint density at radius 2 is 2.10 bits per heavy atom. The van der Waals surface area contributed by atoms with E-state index in [1.54, 1.807) is 25.3 Å². The highest BCUT2D eigenvalue weighted by Gasteiger charge is 2.07. The van der Waals surface area contributed by atoms with Gasteiger partial charge >= 0.3 is 5.97 Å². The van der Waals surface area contributed by atoms with E-state index in [2.05, 4.69) is 5.32 Å². The number of benzene rings is 1. The number of carbonyl (C=O) groups is 2. The molecule has 1 rings (SSSR count). The lowest BCUT2D eigenvalue weighted by Crippen LogP contribution is -2.24. The van der Waals surface area contributed by atoms with Gasteiger partial charge in [-0.3, -0.25) is 4.79 Å². The Kier molecular flexibility index (Phi) is 7.13. The van der Waals surface area contributed by atoms with E-state index in [1.807, 2.05) is 0 Å². The zero-order valence-electron chi connectivity index (χ0n) is 11.4. The summed E-state index contributed by atoms with van der Waals surface area (Å²) in [5.74, 6) is -0.902. The quantitative estimate of drug-likeness (QED) is 0.667. The maximum atomic E-state index is 11.9. The highest BCUT2D eigenvalue weighted by atomic mass is 16.5. The fourth-order valence-electron chi connectivity index (χ4n) is 1.55. The molecule has 0 atom stereocenters. The lowest BCUT2D eigenvalue weighted by molar-refractivity contribution is -0.139. The number of carboxylic acids is 1. The van der Waals surface area contributed by atoms with E-state index in [0.29, 0.717) is 24.5 Å². The van der Waals surface area contributed by atoms with Crippen molar-refractivity contribution in [1.29, 1.82) is 0 Å². The number of unbranched alkanes of at least 4 members (excludes halogenated alkanes) is 1. The zero-order chi connectivity index (χ0) is 14.8. The first kappa shape index (κ1) is 16.0. The minimum Gasteiger partial charge on any atom is -0.482 e. The van der Waals surface area contributed by atoms with Gasteiger partial charge in [0, 0.05) is 25.8 Å². The van der Waals surface area contributed by atoms with Crippen molar-refractivity contribution in [1.82, 2.24) is 5.32 Å². The first-order valence-corrected chi connectivity index (χ1v) is 6.35. The lowest BCUT2D eigenvalue weighted by Gasteiger charge is -2.07. The molecule has 20 heavy (non-hydrogen) atoms. The molecule has 0 unspecified atom stereocenters. The predicted molar refractivity (Wildman–Crippen MR) is 73.0 cm³/mol. The number of amides is 1. The van der Waals surface area contributed by atoms with Gasteiger partial charge in [0.15, 0.2) is 6.61 Å². The molecule has 6 nitrogen and oxygen atoms in total. The number of methoxy groups -OCH3 is 1. The SMILES string of the molecule is COCCCCNC(=O)c1cccc(OCC(=O)O)c1. The van der Waals surface area contributed by atoms with Crippen molar-refractivity contribution >= 4 is 11.9 Å². The number of hydrogen-bond donors (Lipinski definition) is 2. The summed E-state index contributed by atoms with van der Waals surface area (Å²) in [6, 6.07) is 6.43. The van der Waals surface area contributed by atoms with Crippen LogP contribution in [0.1, 0.15) is 23.2 Å². The van der Waals surface area contributed by atoms with Gasteiger partial charge in [-0.15, -0.1) is 0 Å². The Bertz CT molecular complexity index is 447. The molecule has 0 aliphatic heterocycles. The second kappa shape index (κ2) is 8.92. The molecule has 0 aromatic heterocycles. The van der Waals surface area contributed by atoms with E-state index < -0.39 is 12.6 Å². The fraction of sp³-hybridized carbons (Fsp3) is 0.429. The molecule has 110 valence electrons. The standard InChI is InChI=1S/C14H19NO5/c1-19-8-3-2-7-15-14(18)11-5-4-6-12(9-11)20-10-13(16)17/h4-6,9H,2-3,7-8,10H2,1H3,(H,15,18)(H,16,17). The predicted octanol–water partition coefficient (Wildman–Crippen LogP) is 1.31. The van der Waals surface area contributed by atoms with Gasteiger partial charge in [0.2, 0.25) is 0 Å². The summed E-state index contributed by atoms with van der Waals surface area (Å²) < 4.78 is 9.94. The molecule has 0 saturated heterocycles. The topological polar surface area (TPSA) is 84.9 Å². The Labute approximate surface area is 117 Å².